The number of aryl methyl sites for hydroxylation is 1. The maximum Gasteiger partial charge on any atom is 0.227 e. The Morgan fingerprint density at radius 2 is 1.88 bits per heavy atom. The fraction of sp³-hybridized carbons (Fsp3) is 0.364. The van der Waals surface area contributed by atoms with E-state index in [1.807, 2.05) is 36.1 Å². The summed E-state index contributed by atoms with van der Waals surface area (Å²) in [5.74, 6) is 1.70. The molecule has 1 N–H and O–H groups in total. The predicted octanol–water partition coefficient (Wildman–Crippen LogP) is 6.09. The van der Waals surface area contributed by atoms with E-state index in [9.17, 15) is 9.59 Å². The van der Waals surface area contributed by atoms with Gasteiger partial charge < -0.3 is 19.4 Å². The number of aromatic nitrogens is 3. The maximum atomic E-state index is 12.8. The van der Waals surface area contributed by atoms with E-state index in [0.717, 1.165) is 40.1 Å². The zero-order valence-corrected chi connectivity index (χ0v) is 24.1. The van der Waals surface area contributed by atoms with Gasteiger partial charge in [-0.05, 0) is 61.6 Å². The lowest BCUT2D eigenvalue weighted by Gasteiger charge is -2.27. The zero-order chi connectivity index (χ0) is 29.1. The molecule has 1 saturated heterocycles. The van der Waals surface area contributed by atoms with Crippen molar-refractivity contribution in [2.75, 3.05) is 36.5 Å². The summed E-state index contributed by atoms with van der Waals surface area (Å²) in [6.45, 7) is 6.14. The van der Waals surface area contributed by atoms with E-state index in [0.29, 0.717) is 55.0 Å². The number of ketones is 1. The number of rotatable bonds is 8. The van der Waals surface area contributed by atoms with E-state index in [1.54, 1.807) is 37.6 Å². The van der Waals surface area contributed by atoms with Crippen molar-refractivity contribution < 1.29 is 13.9 Å². The smallest absolute Gasteiger partial charge is 0.227 e. The predicted molar refractivity (Wildman–Crippen MR) is 164 cm³/mol. The number of nitrogens with zero attached hydrogens (tertiary/aromatic N) is 4. The molecule has 9 nitrogen and oxygen atoms in total. The Morgan fingerprint density at radius 1 is 1.07 bits per heavy atom. The van der Waals surface area contributed by atoms with Crippen molar-refractivity contribution in [2.45, 2.75) is 46.0 Å². The molecule has 4 aromatic rings. The Labute approximate surface area is 244 Å². The molecule has 0 atom stereocenters. The van der Waals surface area contributed by atoms with Crippen molar-refractivity contribution in [3.8, 4) is 11.1 Å². The lowest BCUT2D eigenvalue weighted by atomic mass is 9.94. The third-order valence-electron chi connectivity index (χ3n) is 8.15. The van der Waals surface area contributed by atoms with Crippen LogP contribution in [0.15, 0.2) is 63.7 Å². The molecule has 0 spiro atoms. The van der Waals surface area contributed by atoms with Gasteiger partial charge >= 0.3 is 0 Å². The minimum absolute atomic E-state index is 0.0717. The van der Waals surface area contributed by atoms with Crippen LogP contribution in [0.4, 0.5) is 17.5 Å². The molecule has 1 aliphatic carbocycles. The average Bonchev–Trinajstić information content (AvgIpc) is 3.51. The highest BCUT2D eigenvalue weighted by molar-refractivity contribution is 5.97. The molecule has 42 heavy (non-hydrogen) atoms. The normalized spacial score (nSPS) is 16.2. The highest BCUT2D eigenvalue weighted by Gasteiger charge is 2.19. The highest BCUT2D eigenvalue weighted by Crippen LogP contribution is 2.32. The SMILES string of the molecule is CC(=O)/C(=C/c1cnc(Nc2cncc(-c3ccc4c(=O)cc(N5CCOCC5)oc4c3)c2)nc1C)CC1CCCC1. The highest BCUT2D eigenvalue weighted by atomic mass is 16.5. The summed E-state index contributed by atoms with van der Waals surface area (Å²) in [4.78, 5) is 40.7. The van der Waals surface area contributed by atoms with Crippen LogP contribution in [0.5, 0.6) is 0 Å². The van der Waals surface area contributed by atoms with E-state index in [4.69, 9.17) is 9.15 Å². The molecule has 2 aliphatic rings. The molecule has 0 unspecified atom stereocenters. The molecule has 1 aromatic carbocycles. The van der Waals surface area contributed by atoms with Crippen molar-refractivity contribution in [1.82, 2.24) is 15.0 Å². The van der Waals surface area contributed by atoms with Crippen LogP contribution in [-0.4, -0.2) is 47.0 Å². The molecular weight excluding hydrogens is 530 g/mol. The largest absolute Gasteiger partial charge is 0.440 e. The first kappa shape index (κ1) is 27.8. The summed E-state index contributed by atoms with van der Waals surface area (Å²) in [5, 5.41) is 3.79. The maximum absolute atomic E-state index is 12.8. The van der Waals surface area contributed by atoms with Crippen molar-refractivity contribution >= 4 is 40.3 Å². The molecular formula is C33H35N5O4. The van der Waals surface area contributed by atoms with Crippen LogP contribution in [0, 0.1) is 12.8 Å². The van der Waals surface area contributed by atoms with Crippen LogP contribution in [0.2, 0.25) is 0 Å². The third kappa shape index (κ3) is 6.26. The number of carbonyl (C=O) groups is 1. The number of allylic oxidation sites excluding steroid dienone is 1. The summed E-state index contributed by atoms with van der Waals surface area (Å²) < 4.78 is 11.6. The number of ether oxygens (including phenoxy) is 1. The topological polar surface area (TPSA) is 110 Å². The Hall–Kier alpha value is -4.37. The van der Waals surface area contributed by atoms with Gasteiger partial charge in [-0.3, -0.25) is 14.6 Å². The average molecular weight is 566 g/mol. The van der Waals surface area contributed by atoms with E-state index >= 15 is 0 Å². The van der Waals surface area contributed by atoms with Gasteiger partial charge in [-0.2, -0.15) is 0 Å². The molecule has 4 heterocycles. The lowest BCUT2D eigenvalue weighted by Crippen LogP contribution is -2.36. The molecule has 0 amide bonds. The van der Waals surface area contributed by atoms with Crippen LogP contribution < -0.4 is 15.6 Å². The van der Waals surface area contributed by atoms with Crippen LogP contribution in [0.25, 0.3) is 28.2 Å². The quantitative estimate of drug-likeness (QED) is 0.254. The van der Waals surface area contributed by atoms with Crippen LogP contribution in [0.3, 0.4) is 0 Å². The van der Waals surface area contributed by atoms with E-state index in [1.165, 1.54) is 25.7 Å². The number of morpholine rings is 1. The molecule has 9 heteroatoms. The molecule has 216 valence electrons. The minimum Gasteiger partial charge on any atom is -0.440 e. The molecule has 1 saturated carbocycles. The number of fused-ring (bicyclic) bond motifs is 1. The summed E-state index contributed by atoms with van der Waals surface area (Å²) in [6, 6.07) is 9.08. The molecule has 1 aliphatic heterocycles. The zero-order valence-electron chi connectivity index (χ0n) is 24.1. The van der Waals surface area contributed by atoms with Crippen molar-refractivity contribution in [2.24, 2.45) is 5.92 Å². The van der Waals surface area contributed by atoms with Gasteiger partial charge in [0.15, 0.2) is 17.1 Å². The minimum atomic E-state index is -0.0717. The Bertz CT molecular complexity index is 1700. The second-order valence-corrected chi connectivity index (χ2v) is 11.2. The molecule has 6 rings (SSSR count). The van der Waals surface area contributed by atoms with Gasteiger partial charge in [0.25, 0.3) is 0 Å². The first-order chi connectivity index (χ1) is 20.4. The fourth-order valence-electron chi connectivity index (χ4n) is 5.75. The summed E-state index contributed by atoms with van der Waals surface area (Å²) in [7, 11) is 0. The van der Waals surface area contributed by atoms with Gasteiger partial charge in [0.05, 0.1) is 36.2 Å². The number of hydrogen-bond donors (Lipinski definition) is 1. The summed E-state index contributed by atoms with van der Waals surface area (Å²) >= 11 is 0. The second-order valence-electron chi connectivity index (χ2n) is 11.2. The van der Waals surface area contributed by atoms with Crippen molar-refractivity contribution in [3.05, 3.63) is 76.0 Å². The second kappa shape index (κ2) is 12.2. The van der Waals surface area contributed by atoms with Crippen LogP contribution >= 0.6 is 0 Å². The van der Waals surface area contributed by atoms with Gasteiger partial charge in [0, 0.05) is 42.7 Å². The Balaban J connectivity index is 1.22. The molecule has 2 fully saturated rings. The first-order valence-electron chi connectivity index (χ1n) is 14.6. The van der Waals surface area contributed by atoms with E-state index < -0.39 is 0 Å². The fourth-order valence-corrected chi connectivity index (χ4v) is 5.75. The van der Waals surface area contributed by atoms with Crippen LogP contribution in [0.1, 0.15) is 50.3 Å². The first-order valence-corrected chi connectivity index (χ1v) is 14.6. The van der Waals surface area contributed by atoms with Crippen molar-refractivity contribution in [1.29, 1.82) is 0 Å². The Morgan fingerprint density at radius 3 is 2.64 bits per heavy atom. The third-order valence-corrected chi connectivity index (χ3v) is 8.15. The van der Waals surface area contributed by atoms with Gasteiger partial charge in [-0.25, -0.2) is 9.97 Å². The molecule has 3 aromatic heterocycles. The standard InChI is InChI=1S/C33H35N5O4/c1-21-26(14-25(22(2)39)13-23-5-3-4-6-23)19-35-33(36-21)37-28-15-27(18-34-20-28)24-7-8-29-30(40)17-32(42-31(29)16-24)38-9-11-41-12-10-38/h7-8,14-20,23H,3-6,9-13H2,1-2H3,(H,35,36,37)/b25-14+. The number of anilines is 3. The van der Waals surface area contributed by atoms with Gasteiger partial charge in [0.2, 0.25) is 5.95 Å². The molecule has 0 bridgehead atoms. The Kier molecular flexibility index (Phi) is 8.10. The number of carbonyl (C=O) groups excluding carboxylic acids is 1. The number of hydrogen-bond acceptors (Lipinski definition) is 9. The number of nitrogens with one attached hydrogen (secondary N) is 1. The van der Waals surface area contributed by atoms with Gasteiger partial charge in [0.1, 0.15) is 5.58 Å². The van der Waals surface area contributed by atoms with Crippen molar-refractivity contribution in [3.63, 3.8) is 0 Å². The number of Topliss-reactive ketones (excluding diaryl/α,β-unsaturated/α-hetero) is 1. The number of pyridine rings is 1. The number of benzene rings is 1. The summed E-state index contributed by atoms with van der Waals surface area (Å²) in [5.41, 5.74) is 5.40. The van der Waals surface area contributed by atoms with Crippen LogP contribution in [-0.2, 0) is 9.53 Å². The van der Waals surface area contributed by atoms with E-state index in [-0.39, 0.29) is 11.2 Å². The summed E-state index contributed by atoms with van der Waals surface area (Å²) in [6.07, 6.45) is 12.9. The monoisotopic (exact) mass is 565 g/mol. The van der Waals surface area contributed by atoms with Gasteiger partial charge in [-0.1, -0.05) is 31.7 Å². The van der Waals surface area contributed by atoms with Gasteiger partial charge in [-0.15, -0.1) is 0 Å². The van der Waals surface area contributed by atoms with E-state index in [2.05, 4.69) is 20.3 Å². The lowest BCUT2D eigenvalue weighted by molar-refractivity contribution is -0.113. The molecule has 0 radical (unpaired) electrons.